The number of non-ortho nitro benzene ring substituents is 1. The summed E-state index contributed by atoms with van der Waals surface area (Å²) in [7, 11) is 0. The summed E-state index contributed by atoms with van der Waals surface area (Å²) in [5.41, 5.74) is -2.36. The Kier molecular flexibility index (Phi) is 5.75. The first kappa shape index (κ1) is 16.5. The number of nitro groups is 1. The van der Waals surface area contributed by atoms with E-state index in [2.05, 4.69) is 0 Å². The van der Waals surface area contributed by atoms with Gasteiger partial charge in [-0.15, -0.1) is 0 Å². The molecule has 0 spiro atoms. The summed E-state index contributed by atoms with van der Waals surface area (Å²) in [6.45, 7) is 0. The summed E-state index contributed by atoms with van der Waals surface area (Å²) in [6, 6.07) is 1.43. The molecule has 0 saturated carbocycles. The van der Waals surface area contributed by atoms with Gasteiger partial charge in [0.15, 0.2) is 0 Å². The largest absolute Gasteiger partial charge is 1.00 e. The van der Waals surface area contributed by atoms with E-state index in [9.17, 15) is 32.0 Å². The average Bonchev–Trinajstić information content (AvgIpc) is 2.15. The van der Waals surface area contributed by atoms with Crippen LogP contribution in [0.25, 0.3) is 0 Å². The summed E-state index contributed by atoms with van der Waals surface area (Å²) in [5.74, 6) is 0. The van der Waals surface area contributed by atoms with Gasteiger partial charge in [0.25, 0.3) is 5.69 Å². The minimum Gasteiger partial charge on any atom is -0.768 e. The Morgan fingerprint density at radius 2 is 1.82 bits per heavy atom. The molecule has 1 aromatic carbocycles. The predicted molar refractivity (Wildman–Crippen MR) is 45.3 cm³/mol. The molecule has 88 valence electrons. The van der Waals surface area contributed by atoms with Crippen molar-refractivity contribution >= 4 is 16.8 Å². The summed E-state index contributed by atoms with van der Waals surface area (Å²) >= 11 is -3.10. The number of hydrogen-bond donors (Lipinski definition) is 0. The minimum atomic E-state index is -4.96. The fraction of sp³-hybridized carbons (Fsp3) is 0.143. The fourth-order valence-corrected chi connectivity index (χ4v) is 1.53. The molecule has 17 heavy (non-hydrogen) atoms. The van der Waals surface area contributed by atoms with Gasteiger partial charge in [0.2, 0.25) is 0 Å². The van der Waals surface area contributed by atoms with Crippen molar-refractivity contribution in [2.24, 2.45) is 0 Å². The Morgan fingerprint density at radius 1 is 1.29 bits per heavy atom. The van der Waals surface area contributed by atoms with E-state index in [1.165, 1.54) is 0 Å². The maximum absolute atomic E-state index is 12.4. The molecule has 0 amide bonds. The maximum atomic E-state index is 12.4. The van der Waals surface area contributed by atoms with E-state index in [1.54, 1.807) is 0 Å². The topological polar surface area (TPSA) is 83.3 Å². The Bertz CT molecular complexity index is 465. The van der Waals surface area contributed by atoms with Gasteiger partial charge in [-0.1, -0.05) is 0 Å². The number of halogens is 3. The van der Waals surface area contributed by atoms with E-state index >= 15 is 0 Å². The standard InChI is InChI=1S/C7H4F3NO4S.Na/c8-7(9,10)5-3-4(11(12)13)1-2-6(5)16(14)15;/h1-3H,(H,14,15);/q;+1/p-1. The molecule has 1 unspecified atom stereocenters. The first-order valence-electron chi connectivity index (χ1n) is 3.68. The van der Waals surface area contributed by atoms with Gasteiger partial charge in [0.1, 0.15) is 0 Å². The Hall–Kier alpha value is -0.480. The fourth-order valence-electron chi connectivity index (χ4n) is 0.998. The Balaban J connectivity index is 0.00000256. The predicted octanol–water partition coefficient (Wildman–Crippen LogP) is -1.14. The van der Waals surface area contributed by atoms with Crippen LogP contribution in [0.2, 0.25) is 0 Å². The second-order valence-corrected chi connectivity index (χ2v) is 3.58. The normalized spacial score (nSPS) is 12.7. The molecule has 0 aliphatic heterocycles. The van der Waals surface area contributed by atoms with Crippen LogP contribution < -0.4 is 29.6 Å². The van der Waals surface area contributed by atoms with Crippen molar-refractivity contribution in [2.45, 2.75) is 11.1 Å². The average molecular weight is 277 g/mol. The van der Waals surface area contributed by atoms with Gasteiger partial charge in [-0.25, -0.2) is 0 Å². The quantitative estimate of drug-likeness (QED) is 0.296. The van der Waals surface area contributed by atoms with Crippen molar-refractivity contribution in [2.75, 3.05) is 0 Å². The Labute approximate surface area is 118 Å². The molecule has 0 radical (unpaired) electrons. The van der Waals surface area contributed by atoms with Gasteiger partial charge in [-0.2, -0.15) is 13.2 Å². The molecular formula is C7H3F3NNaO4S. The van der Waals surface area contributed by atoms with Gasteiger partial charge < -0.3 is 4.55 Å². The van der Waals surface area contributed by atoms with Gasteiger partial charge in [0.05, 0.1) is 10.5 Å². The van der Waals surface area contributed by atoms with Crippen LogP contribution >= 0.6 is 0 Å². The number of nitrogens with zero attached hydrogens (tertiary/aromatic N) is 1. The first-order valence-corrected chi connectivity index (χ1v) is 4.76. The molecule has 0 aromatic heterocycles. The molecule has 0 N–H and O–H groups in total. The summed E-state index contributed by atoms with van der Waals surface area (Å²) in [6.07, 6.45) is -4.96. The van der Waals surface area contributed by atoms with Crippen molar-refractivity contribution in [3.63, 3.8) is 0 Å². The van der Waals surface area contributed by atoms with E-state index in [-0.39, 0.29) is 35.6 Å². The van der Waals surface area contributed by atoms with Crippen LogP contribution in [0, 0.1) is 10.1 Å². The monoisotopic (exact) mass is 277 g/mol. The zero-order valence-corrected chi connectivity index (χ0v) is 11.2. The van der Waals surface area contributed by atoms with Crippen molar-refractivity contribution in [3.05, 3.63) is 33.9 Å². The molecule has 5 nitrogen and oxygen atoms in total. The molecule has 0 aliphatic rings. The SMILES string of the molecule is O=[N+]([O-])c1ccc(S(=O)[O-])c(C(F)(F)F)c1.[Na+]. The van der Waals surface area contributed by atoms with E-state index in [0.29, 0.717) is 12.1 Å². The molecule has 0 saturated heterocycles. The minimum absolute atomic E-state index is 0. The van der Waals surface area contributed by atoms with E-state index in [1.807, 2.05) is 0 Å². The zero-order valence-electron chi connectivity index (χ0n) is 8.35. The maximum Gasteiger partial charge on any atom is 1.00 e. The van der Waals surface area contributed by atoms with Gasteiger partial charge in [-0.05, 0) is 17.1 Å². The first-order chi connectivity index (χ1) is 7.23. The smallest absolute Gasteiger partial charge is 0.768 e. The molecule has 0 heterocycles. The van der Waals surface area contributed by atoms with Gasteiger partial charge >= 0.3 is 35.7 Å². The summed E-state index contributed by atoms with van der Waals surface area (Å²) < 4.78 is 58.0. The molecule has 1 aromatic rings. The summed E-state index contributed by atoms with van der Waals surface area (Å²) in [4.78, 5) is 8.19. The van der Waals surface area contributed by atoms with Crippen LogP contribution in [0.5, 0.6) is 0 Å². The number of rotatable bonds is 2. The third kappa shape index (κ3) is 4.03. The molecule has 1 atom stereocenters. The van der Waals surface area contributed by atoms with Crippen LogP contribution in [0.3, 0.4) is 0 Å². The van der Waals surface area contributed by atoms with Crippen LogP contribution in [-0.2, 0) is 17.3 Å². The van der Waals surface area contributed by atoms with Crippen LogP contribution in [-0.4, -0.2) is 13.7 Å². The molecule has 1 rings (SSSR count). The number of alkyl halides is 3. The number of hydrogen-bond acceptors (Lipinski definition) is 4. The van der Waals surface area contributed by atoms with Crippen LogP contribution in [0.1, 0.15) is 5.56 Å². The van der Waals surface area contributed by atoms with Crippen molar-refractivity contribution in [1.29, 1.82) is 0 Å². The molecular weight excluding hydrogens is 274 g/mol. The molecule has 0 aliphatic carbocycles. The Morgan fingerprint density at radius 3 is 2.18 bits per heavy atom. The second kappa shape index (κ2) is 5.91. The van der Waals surface area contributed by atoms with Crippen molar-refractivity contribution < 1.29 is 56.4 Å². The third-order valence-corrected chi connectivity index (χ3v) is 2.37. The van der Waals surface area contributed by atoms with Gasteiger partial charge in [-0.3, -0.25) is 14.3 Å². The second-order valence-electron chi connectivity index (χ2n) is 2.67. The molecule has 0 bridgehead atoms. The van der Waals surface area contributed by atoms with E-state index in [0.717, 1.165) is 0 Å². The van der Waals surface area contributed by atoms with Crippen LogP contribution in [0.15, 0.2) is 23.1 Å². The number of nitro benzene ring substituents is 1. The summed E-state index contributed by atoms with van der Waals surface area (Å²) in [5, 5.41) is 10.2. The van der Waals surface area contributed by atoms with Crippen LogP contribution in [0.4, 0.5) is 18.9 Å². The number of benzene rings is 1. The molecule has 10 heteroatoms. The zero-order chi connectivity index (χ0) is 12.5. The third-order valence-electron chi connectivity index (χ3n) is 1.66. The molecule has 0 fully saturated rings. The van der Waals surface area contributed by atoms with Crippen molar-refractivity contribution in [1.82, 2.24) is 0 Å². The van der Waals surface area contributed by atoms with E-state index < -0.39 is 38.3 Å². The van der Waals surface area contributed by atoms with E-state index in [4.69, 9.17) is 0 Å². The van der Waals surface area contributed by atoms with Gasteiger partial charge in [0, 0.05) is 17.0 Å². The van der Waals surface area contributed by atoms with Crippen molar-refractivity contribution in [3.8, 4) is 0 Å².